The van der Waals surface area contributed by atoms with Crippen LogP contribution in [0.5, 0.6) is 0 Å². The van der Waals surface area contributed by atoms with Gasteiger partial charge in [-0.3, -0.25) is 4.79 Å². The third-order valence-electron chi connectivity index (χ3n) is 3.09. The Hall–Kier alpha value is -0.320. The fraction of sp³-hybridized carbons (Fsp3) is 0.909. The molecule has 5 heteroatoms. The first-order valence-electron chi connectivity index (χ1n) is 5.71. The fourth-order valence-electron chi connectivity index (χ4n) is 1.91. The molecule has 2 atom stereocenters. The van der Waals surface area contributed by atoms with Crippen molar-refractivity contribution in [1.29, 1.82) is 0 Å². The van der Waals surface area contributed by atoms with Gasteiger partial charge in [0.1, 0.15) is 0 Å². The average molecular weight is 251 g/mol. The van der Waals surface area contributed by atoms with Crippen LogP contribution in [-0.2, 0) is 4.79 Å². The van der Waals surface area contributed by atoms with Gasteiger partial charge in [-0.1, -0.05) is 13.8 Å². The van der Waals surface area contributed by atoms with Crippen LogP contribution < -0.4 is 5.73 Å². The first-order valence-corrected chi connectivity index (χ1v) is 5.71. The maximum Gasteiger partial charge on any atom is 0.239 e. The Morgan fingerprint density at radius 1 is 1.56 bits per heavy atom. The molecule has 96 valence electrons. The van der Waals surface area contributed by atoms with Gasteiger partial charge in [-0.05, 0) is 24.7 Å². The molecule has 1 aliphatic rings. The van der Waals surface area contributed by atoms with Gasteiger partial charge < -0.3 is 15.7 Å². The molecule has 1 unspecified atom stereocenters. The van der Waals surface area contributed by atoms with Crippen LogP contribution in [0.4, 0.5) is 0 Å². The SMILES string of the molecule is CC(C)[C@H](N)C(=O)N1CCCC(CO)C1.Cl. The van der Waals surface area contributed by atoms with Gasteiger partial charge in [-0.2, -0.15) is 0 Å². The number of carbonyl (C=O) groups is 1. The lowest BCUT2D eigenvalue weighted by atomic mass is 9.97. The van der Waals surface area contributed by atoms with Crippen LogP contribution >= 0.6 is 12.4 Å². The van der Waals surface area contributed by atoms with E-state index in [1.54, 1.807) is 4.90 Å². The molecular weight excluding hydrogens is 228 g/mol. The first-order chi connectivity index (χ1) is 7.06. The Labute approximate surface area is 104 Å². The predicted octanol–water partition coefficient (Wildman–Crippen LogP) is 0.622. The maximum atomic E-state index is 11.9. The van der Waals surface area contributed by atoms with Crippen molar-refractivity contribution < 1.29 is 9.90 Å². The Morgan fingerprint density at radius 2 is 2.19 bits per heavy atom. The molecule has 0 bridgehead atoms. The van der Waals surface area contributed by atoms with Crippen LogP contribution in [0.2, 0.25) is 0 Å². The van der Waals surface area contributed by atoms with Crippen molar-refractivity contribution in [2.45, 2.75) is 32.7 Å². The summed E-state index contributed by atoms with van der Waals surface area (Å²) < 4.78 is 0. The number of hydrogen-bond donors (Lipinski definition) is 2. The Morgan fingerprint density at radius 3 is 2.69 bits per heavy atom. The highest BCUT2D eigenvalue weighted by molar-refractivity contribution is 5.85. The minimum atomic E-state index is -0.401. The normalized spacial score (nSPS) is 22.8. The highest BCUT2D eigenvalue weighted by atomic mass is 35.5. The van der Waals surface area contributed by atoms with Crippen LogP contribution in [0.15, 0.2) is 0 Å². The summed E-state index contributed by atoms with van der Waals surface area (Å²) >= 11 is 0. The highest BCUT2D eigenvalue weighted by Crippen LogP contribution is 2.17. The van der Waals surface area contributed by atoms with E-state index in [1.165, 1.54) is 0 Å². The van der Waals surface area contributed by atoms with Crippen molar-refractivity contribution in [2.75, 3.05) is 19.7 Å². The summed E-state index contributed by atoms with van der Waals surface area (Å²) in [5.41, 5.74) is 5.82. The summed E-state index contributed by atoms with van der Waals surface area (Å²) in [4.78, 5) is 13.7. The van der Waals surface area contributed by atoms with Gasteiger partial charge in [0, 0.05) is 19.7 Å². The third kappa shape index (κ3) is 3.92. The maximum absolute atomic E-state index is 11.9. The summed E-state index contributed by atoms with van der Waals surface area (Å²) in [7, 11) is 0. The molecule has 3 N–H and O–H groups in total. The van der Waals surface area contributed by atoms with Gasteiger partial charge >= 0.3 is 0 Å². The van der Waals surface area contributed by atoms with Crippen LogP contribution in [0.1, 0.15) is 26.7 Å². The van der Waals surface area contributed by atoms with E-state index in [-0.39, 0.29) is 36.8 Å². The minimum absolute atomic E-state index is 0. The van der Waals surface area contributed by atoms with Crippen molar-refractivity contribution in [3.8, 4) is 0 Å². The van der Waals surface area contributed by atoms with Gasteiger partial charge in [0.2, 0.25) is 5.91 Å². The van der Waals surface area contributed by atoms with Gasteiger partial charge in [-0.15, -0.1) is 12.4 Å². The minimum Gasteiger partial charge on any atom is -0.396 e. The van der Waals surface area contributed by atoms with Crippen LogP contribution in [0, 0.1) is 11.8 Å². The monoisotopic (exact) mass is 250 g/mol. The second-order valence-corrected chi connectivity index (χ2v) is 4.74. The molecule has 0 spiro atoms. The lowest BCUT2D eigenvalue weighted by Gasteiger charge is -2.34. The number of aliphatic hydroxyl groups is 1. The van der Waals surface area contributed by atoms with Gasteiger partial charge in [0.15, 0.2) is 0 Å². The number of nitrogens with zero attached hydrogens (tertiary/aromatic N) is 1. The number of amides is 1. The zero-order chi connectivity index (χ0) is 11.4. The van der Waals surface area contributed by atoms with Crippen molar-refractivity contribution in [3.63, 3.8) is 0 Å². The second kappa shape index (κ2) is 7.09. The van der Waals surface area contributed by atoms with Crippen molar-refractivity contribution in [3.05, 3.63) is 0 Å². The first kappa shape index (κ1) is 15.7. The summed E-state index contributed by atoms with van der Waals surface area (Å²) in [6.45, 7) is 5.53. The number of hydrogen-bond acceptors (Lipinski definition) is 3. The van der Waals surface area contributed by atoms with Crippen LogP contribution in [0.25, 0.3) is 0 Å². The lowest BCUT2D eigenvalue weighted by molar-refractivity contribution is -0.135. The van der Waals surface area contributed by atoms with Crippen molar-refractivity contribution in [2.24, 2.45) is 17.6 Å². The van der Waals surface area contributed by atoms with E-state index in [1.807, 2.05) is 13.8 Å². The van der Waals surface area contributed by atoms with Crippen LogP contribution in [0.3, 0.4) is 0 Å². The molecule has 1 aliphatic heterocycles. The molecule has 1 rings (SSSR count). The van der Waals surface area contributed by atoms with Gasteiger partial charge in [0.05, 0.1) is 6.04 Å². The molecule has 16 heavy (non-hydrogen) atoms. The summed E-state index contributed by atoms with van der Waals surface area (Å²) in [5.74, 6) is 0.442. The smallest absolute Gasteiger partial charge is 0.239 e. The van der Waals surface area contributed by atoms with E-state index in [0.717, 1.165) is 19.4 Å². The zero-order valence-corrected chi connectivity index (χ0v) is 10.9. The molecule has 4 nitrogen and oxygen atoms in total. The quantitative estimate of drug-likeness (QED) is 0.772. The summed E-state index contributed by atoms with van der Waals surface area (Å²) in [6.07, 6.45) is 1.99. The molecule has 1 heterocycles. The number of halogens is 1. The summed E-state index contributed by atoms with van der Waals surface area (Å²) in [6, 6.07) is -0.401. The molecule has 0 aromatic heterocycles. The molecule has 1 amide bonds. The number of rotatable bonds is 3. The molecule has 1 fully saturated rings. The largest absolute Gasteiger partial charge is 0.396 e. The van der Waals surface area contributed by atoms with E-state index < -0.39 is 6.04 Å². The van der Waals surface area contributed by atoms with Crippen molar-refractivity contribution >= 4 is 18.3 Å². The molecule has 0 aromatic carbocycles. The van der Waals surface area contributed by atoms with E-state index in [0.29, 0.717) is 6.54 Å². The number of piperidine rings is 1. The molecule has 0 aliphatic carbocycles. The second-order valence-electron chi connectivity index (χ2n) is 4.74. The topological polar surface area (TPSA) is 66.6 Å². The van der Waals surface area contributed by atoms with Crippen LogP contribution in [-0.4, -0.2) is 41.7 Å². The molecule has 0 aromatic rings. The standard InChI is InChI=1S/C11H22N2O2.ClH/c1-8(2)10(12)11(15)13-5-3-4-9(6-13)7-14;/h8-10,14H,3-7,12H2,1-2H3;1H/t9?,10-;/m0./s1. The van der Waals surface area contributed by atoms with Crippen molar-refractivity contribution in [1.82, 2.24) is 4.90 Å². The predicted molar refractivity (Wildman–Crippen MR) is 66.5 cm³/mol. The molecule has 1 saturated heterocycles. The Kier molecular flexibility index (Phi) is 6.95. The third-order valence-corrected chi connectivity index (χ3v) is 3.09. The molecule has 0 radical (unpaired) electrons. The Balaban J connectivity index is 0.00000225. The van der Waals surface area contributed by atoms with Gasteiger partial charge in [-0.25, -0.2) is 0 Å². The number of nitrogens with two attached hydrogens (primary N) is 1. The van der Waals surface area contributed by atoms with E-state index in [9.17, 15) is 4.79 Å². The number of likely N-dealkylation sites (tertiary alicyclic amines) is 1. The number of aliphatic hydroxyl groups excluding tert-OH is 1. The van der Waals surface area contributed by atoms with Gasteiger partial charge in [0.25, 0.3) is 0 Å². The van der Waals surface area contributed by atoms with E-state index in [4.69, 9.17) is 10.8 Å². The van der Waals surface area contributed by atoms with E-state index >= 15 is 0 Å². The lowest BCUT2D eigenvalue weighted by Crippen LogP contribution is -2.50. The summed E-state index contributed by atoms with van der Waals surface area (Å²) in [5, 5.41) is 9.07. The highest BCUT2D eigenvalue weighted by Gasteiger charge is 2.27. The number of carbonyl (C=O) groups excluding carboxylic acids is 1. The zero-order valence-electron chi connectivity index (χ0n) is 10.1. The van der Waals surface area contributed by atoms with E-state index in [2.05, 4.69) is 0 Å². The molecule has 0 saturated carbocycles. The average Bonchev–Trinajstić information content (AvgIpc) is 2.27. The fourth-order valence-corrected chi connectivity index (χ4v) is 1.91. The molecular formula is C11H23ClN2O2. The Bertz CT molecular complexity index is 224.